The lowest BCUT2D eigenvalue weighted by atomic mass is 10.1. The number of nitrogens with one attached hydrogen (secondary N) is 1. The molecule has 0 bridgehead atoms. The van der Waals surface area contributed by atoms with Crippen LogP contribution in [0.2, 0.25) is 0 Å². The average molecular weight is 377 g/mol. The molecule has 1 N–H and O–H groups in total. The second-order valence-corrected chi connectivity index (χ2v) is 6.54. The van der Waals surface area contributed by atoms with E-state index in [0.717, 1.165) is 10.5 Å². The summed E-state index contributed by atoms with van der Waals surface area (Å²) in [5, 5.41) is 1.54. The molecule has 2 aromatic rings. The molecule has 1 fully saturated rings. The van der Waals surface area contributed by atoms with Gasteiger partial charge in [0.1, 0.15) is 0 Å². The molecule has 2 aliphatic rings. The van der Waals surface area contributed by atoms with Crippen LogP contribution in [-0.2, 0) is 19.1 Å². The average Bonchev–Trinajstić information content (AvgIpc) is 3.21. The highest BCUT2D eigenvalue weighted by Gasteiger charge is 2.54. The van der Waals surface area contributed by atoms with Crippen molar-refractivity contribution in [2.24, 2.45) is 0 Å². The Morgan fingerprint density at radius 3 is 2.36 bits per heavy atom. The Hall–Kier alpha value is -3.61. The number of ether oxygens (including phenoxy) is 1. The molecule has 7 heteroatoms. The van der Waals surface area contributed by atoms with Crippen LogP contribution in [0, 0.1) is 6.92 Å². The van der Waals surface area contributed by atoms with Gasteiger partial charge in [-0.15, -0.1) is 0 Å². The van der Waals surface area contributed by atoms with Gasteiger partial charge in [-0.05, 0) is 38.1 Å². The van der Waals surface area contributed by atoms with Crippen molar-refractivity contribution >= 4 is 29.2 Å². The van der Waals surface area contributed by atoms with E-state index in [9.17, 15) is 14.4 Å². The number of esters is 1. The fourth-order valence-electron chi connectivity index (χ4n) is 3.41. The second-order valence-electron chi connectivity index (χ2n) is 6.54. The molecule has 4 rings (SSSR count). The molecule has 0 unspecified atom stereocenters. The standard InChI is InChI=1S/C21H19N3O4/c1-3-28-21(27)17-16-18(24(22-17)15-7-5-4-6-8-15)20(26)23(19(16)25)14-11-9-13(2)10-12-14/h4-12,18,22H,3H2,1-2H3/t18-/m1/s1. The van der Waals surface area contributed by atoms with Gasteiger partial charge < -0.3 is 4.74 Å². The summed E-state index contributed by atoms with van der Waals surface area (Å²) in [6.07, 6.45) is 0. The fourth-order valence-corrected chi connectivity index (χ4v) is 3.41. The van der Waals surface area contributed by atoms with E-state index >= 15 is 0 Å². The van der Waals surface area contributed by atoms with Crippen molar-refractivity contribution in [2.75, 3.05) is 16.5 Å². The molecular weight excluding hydrogens is 358 g/mol. The van der Waals surface area contributed by atoms with Gasteiger partial charge in [0.05, 0.1) is 23.6 Å². The van der Waals surface area contributed by atoms with Gasteiger partial charge in [0.2, 0.25) is 0 Å². The first-order chi connectivity index (χ1) is 13.5. The number of hydrazine groups is 1. The van der Waals surface area contributed by atoms with E-state index in [1.54, 1.807) is 31.2 Å². The number of imide groups is 1. The Bertz CT molecular complexity index is 982. The van der Waals surface area contributed by atoms with Gasteiger partial charge in [0.25, 0.3) is 11.8 Å². The van der Waals surface area contributed by atoms with Crippen molar-refractivity contribution < 1.29 is 19.1 Å². The Labute approximate surface area is 162 Å². The molecule has 2 aliphatic heterocycles. The van der Waals surface area contributed by atoms with Gasteiger partial charge in [-0.25, -0.2) is 9.69 Å². The molecule has 7 nitrogen and oxygen atoms in total. The summed E-state index contributed by atoms with van der Waals surface area (Å²) in [5.74, 6) is -1.60. The van der Waals surface area contributed by atoms with Gasteiger partial charge in [-0.1, -0.05) is 35.9 Å². The number of hydrogen-bond donors (Lipinski definition) is 1. The lowest BCUT2D eigenvalue weighted by Crippen LogP contribution is -2.46. The number of para-hydroxylation sites is 1. The summed E-state index contributed by atoms with van der Waals surface area (Å²) in [6.45, 7) is 3.77. The third-order valence-corrected chi connectivity index (χ3v) is 4.73. The number of fused-ring (bicyclic) bond motifs is 1. The van der Waals surface area contributed by atoms with Crippen molar-refractivity contribution in [3.63, 3.8) is 0 Å². The van der Waals surface area contributed by atoms with Crippen molar-refractivity contribution in [3.05, 3.63) is 71.4 Å². The van der Waals surface area contributed by atoms with Crippen molar-refractivity contribution in [2.45, 2.75) is 19.9 Å². The number of amides is 2. The van der Waals surface area contributed by atoms with Crippen LogP contribution in [0.1, 0.15) is 12.5 Å². The van der Waals surface area contributed by atoms with E-state index in [4.69, 9.17) is 4.74 Å². The third-order valence-electron chi connectivity index (χ3n) is 4.73. The molecule has 0 aliphatic carbocycles. The molecule has 0 spiro atoms. The number of anilines is 2. The predicted octanol–water partition coefficient (Wildman–Crippen LogP) is 2.08. The topological polar surface area (TPSA) is 79.0 Å². The quantitative estimate of drug-likeness (QED) is 0.649. The number of hydrogen-bond acceptors (Lipinski definition) is 6. The first-order valence-electron chi connectivity index (χ1n) is 9.00. The van der Waals surface area contributed by atoms with Gasteiger partial charge in [0, 0.05) is 0 Å². The molecule has 2 aromatic carbocycles. The number of aryl methyl sites for hydroxylation is 1. The zero-order chi connectivity index (χ0) is 19.8. The van der Waals surface area contributed by atoms with Gasteiger partial charge in [0.15, 0.2) is 11.7 Å². The molecule has 1 atom stereocenters. The number of carbonyl (C=O) groups excluding carboxylic acids is 3. The van der Waals surface area contributed by atoms with Crippen LogP contribution in [0.25, 0.3) is 0 Å². The molecule has 0 saturated carbocycles. The van der Waals surface area contributed by atoms with Gasteiger partial charge in [-0.2, -0.15) is 0 Å². The summed E-state index contributed by atoms with van der Waals surface area (Å²) < 4.78 is 5.09. The van der Waals surface area contributed by atoms with Crippen LogP contribution in [0.5, 0.6) is 0 Å². The maximum Gasteiger partial charge on any atom is 0.356 e. The summed E-state index contributed by atoms with van der Waals surface area (Å²) in [7, 11) is 0. The van der Waals surface area contributed by atoms with Crippen LogP contribution in [0.3, 0.4) is 0 Å². The lowest BCUT2D eigenvalue weighted by molar-refractivity contribution is -0.139. The van der Waals surface area contributed by atoms with Crippen LogP contribution in [-0.4, -0.2) is 30.4 Å². The van der Waals surface area contributed by atoms with Crippen LogP contribution in [0.15, 0.2) is 65.9 Å². The SMILES string of the molecule is CCOC(=O)C1=C2C(=O)N(c3ccc(C)cc3)C(=O)[C@@H]2N(c2ccccc2)N1. The Morgan fingerprint density at radius 1 is 1.04 bits per heavy atom. The normalized spacial score (nSPS) is 18.4. The highest BCUT2D eigenvalue weighted by Crippen LogP contribution is 2.36. The molecule has 1 saturated heterocycles. The second kappa shape index (κ2) is 6.84. The predicted molar refractivity (Wildman–Crippen MR) is 103 cm³/mol. The lowest BCUT2D eigenvalue weighted by Gasteiger charge is -2.26. The van der Waals surface area contributed by atoms with Crippen LogP contribution in [0.4, 0.5) is 11.4 Å². The maximum absolute atomic E-state index is 13.2. The molecule has 0 radical (unpaired) electrons. The molecule has 2 heterocycles. The van der Waals surface area contributed by atoms with E-state index in [-0.39, 0.29) is 17.9 Å². The fraction of sp³-hybridized carbons (Fsp3) is 0.190. The minimum absolute atomic E-state index is 0.00339. The summed E-state index contributed by atoms with van der Waals surface area (Å²) in [6, 6.07) is 15.2. The van der Waals surface area contributed by atoms with Crippen LogP contribution >= 0.6 is 0 Å². The Balaban J connectivity index is 1.81. The minimum atomic E-state index is -0.935. The van der Waals surface area contributed by atoms with E-state index in [2.05, 4.69) is 5.43 Å². The first-order valence-corrected chi connectivity index (χ1v) is 9.00. The van der Waals surface area contributed by atoms with E-state index < -0.39 is 23.8 Å². The zero-order valence-electron chi connectivity index (χ0n) is 15.5. The molecule has 0 aromatic heterocycles. The zero-order valence-corrected chi connectivity index (χ0v) is 15.5. The first kappa shape index (κ1) is 17.8. The minimum Gasteiger partial charge on any atom is -0.461 e. The maximum atomic E-state index is 13.2. The smallest absolute Gasteiger partial charge is 0.356 e. The number of benzene rings is 2. The number of nitrogens with zero attached hydrogens (tertiary/aromatic N) is 2. The third kappa shape index (κ3) is 2.72. The largest absolute Gasteiger partial charge is 0.461 e. The highest BCUT2D eigenvalue weighted by molar-refractivity contribution is 6.33. The summed E-state index contributed by atoms with van der Waals surface area (Å²) in [5.41, 5.74) is 5.16. The molecule has 142 valence electrons. The Morgan fingerprint density at radius 2 is 1.71 bits per heavy atom. The van der Waals surface area contributed by atoms with Crippen molar-refractivity contribution in [1.29, 1.82) is 0 Å². The van der Waals surface area contributed by atoms with E-state index in [1.165, 1.54) is 5.01 Å². The molecule has 28 heavy (non-hydrogen) atoms. The molecular formula is C21H19N3O4. The Kier molecular flexibility index (Phi) is 4.35. The monoisotopic (exact) mass is 377 g/mol. The summed E-state index contributed by atoms with van der Waals surface area (Å²) >= 11 is 0. The number of rotatable bonds is 4. The van der Waals surface area contributed by atoms with Crippen LogP contribution < -0.4 is 15.3 Å². The summed E-state index contributed by atoms with van der Waals surface area (Å²) in [4.78, 5) is 40.0. The van der Waals surface area contributed by atoms with Crippen molar-refractivity contribution in [1.82, 2.24) is 5.43 Å². The molecule has 2 amide bonds. The van der Waals surface area contributed by atoms with E-state index in [1.807, 2.05) is 37.3 Å². The van der Waals surface area contributed by atoms with E-state index in [0.29, 0.717) is 11.4 Å². The van der Waals surface area contributed by atoms with Gasteiger partial charge >= 0.3 is 5.97 Å². The highest BCUT2D eigenvalue weighted by atomic mass is 16.5. The van der Waals surface area contributed by atoms with Crippen molar-refractivity contribution in [3.8, 4) is 0 Å². The van der Waals surface area contributed by atoms with Gasteiger partial charge in [-0.3, -0.25) is 20.0 Å². The number of carbonyl (C=O) groups is 3.